The lowest BCUT2D eigenvalue weighted by Gasteiger charge is -2.30. The van der Waals surface area contributed by atoms with Gasteiger partial charge in [0.2, 0.25) is 5.91 Å². The number of fused-ring (bicyclic) bond motifs is 2. The zero-order valence-corrected chi connectivity index (χ0v) is 13.4. The quantitative estimate of drug-likeness (QED) is 0.866. The van der Waals surface area contributed by atoms with Crippen molar-refractivity contribution in [2.75, 3.05) is 11.9 Å². The lowest BCUT2D eigenvalue weighted by molar-refractivity contribution is -0.116. The van der Waals surface area contributed by atoms with Crippen molar-refractivity contribution in [2.24, 2.45) is 0 Å². The van der Waals surface area contributed by atoms with Crippen LogP contribution in [0.5, 0.6) is 0 Å². The SMILES string of the molecule is O=C1CCc2cc(C(=O)N3CCc4c(F)ccc(F)c4C3)ccc2N1. The van der Waals surface area contributed by atoms with Crippen molar-refractivity contribution >= 4 is 17.5 Å². The van der Waals surface area contributed by atoms with Crippen molar-refractivity contribution in [3.05, 3.63) is 64.2 Å². The van der Waals surface area contributed by atoms with E-state index in [-0.39, 0.29) is 23.9 Å². The summed E-state index contributed by atoms with van der Waals surface area (Å²) in [6.45, 7) is 0.408. The van der Waals surface area contributed by atoms with Crippen LogP contribution in [-0.2, 0) is 24.2 Å². The van der Waals surface area contributed by atoms with Crippen molar-refractivity contribution in [3.8, 4) is 0 Å². The van der Waals surface area contributed by atoms with Crippen LogP contribution in [-0.4, -0.2) is 23.3 Å². The average Bonchev–Trinajstić information content (AvgIpc) is 2.63. The van der Waals surface area contributed by atoms with Gasteiger partial charge in [-0.3, -0.25) is 9.59 Å². The maximum Gasteiger partial charge on any atom is 0.254 e. The lowest BCUT2D eigenvalue weighted by Crippen LogP contribution is -2.37. The summed E-state index contributed by atoms with van der Waals surface area (Å²) in [6.07, 6.45) is 1.28. The highest BCUT2D eigenvalue weighted by atomic mass is 19.1. The number of amides is 2. The van der Waals surface area contributed by atoms with Crippen LogP contribution in [0.25, 0.3) is 0 Å². The molecule has 0 spiro atoms. The molecular formula is C19H16F2N2O2. The Hall–Kier alpha value is -2.76. The zero-order valence-electron chi connectivity index (χ0n) is 13.4. The number of anilines is 1. The Morgan fingerprint density at radius 1 is 1.00 bits per heavy atom. The Labute approximate surface area is 143 Å². The van der Waals surface area contributed by atoms with Crippen LogP contribution < -0.4 is 5.32 Å². The third kappa shape index (κ3) is 2.77. The molecule has 25 heavy (non-hydrogen) atoms. The van der Waals surface area contributed by atoms with Crippen LogP contribution in [0.4, 0.5) is 14.5 Å². The average molecular weight is 342 g/mol. The topological polar surface area (TPSA) is 49.4 Å². The number of aryl methyl sites for hydroxylation is 1. The van der Waals surface area contributed by atoms with Gasteiger partial charge in [0.15, 0.2) is 0 Å². The van der Waals surface area contributed by atoms with Gasteiger partial charge < -0.3 is 10.2 Å². The molecule has 2 aliphatic heterocycles. The van der Waals surface area contributed by atoms with E-state index < -0.39 is 11.6 Å². The molecule has 6 heteroatoms. The molecule has 0 bridgehead atoms. The van der Waals surface area contributed by atoms with Gasteiger partial charge >= 0.3 is 0 Å². The molecule has 1 N–H and O–H groups in total. The molecule has 2 heterocycles. The van der Waals surface area contributed by atoms with E-state index in [1.54, 1.807) is 18.2 Å². The number of halogens is 2. The molecule has 128 valence electrons. The monoisotopic (exact) mass is 342 g/mol. The third-order valence-corrected chi connectivity index (χ3v) is 4.83. The highest BCUT2D eigenvalue weighted by Crippen LogP contribution is 2.27. The first-order valence-electron chi connectivity index (χ1n) is 8.21. The van der Waals surface area contributed by atoms with Gasteiger partial charge in [-0.1, -0.05) is 0 Å². The largest absolute Gasteiger partial charge is 0.334 e. The van der Waals surface area contributed by atoms with E-state index in [1.807, 2.05) is 0 Å². The summed E-state index contributed by atoms with van der Waals surface area (Å²) in [4.78, 5) is 25.7. The zero-order chi connectivity index (χ0) is 17.6. The third-order valence-electron chi connectivity index (χ3n) is 4.83. The molecule has 0 atom stereocenters. The summed E-state index contributed by atoms with van der Waals surface area (Å²) in [5.74, 6) is -1.15. The Morgan fingerprint density at radius 2 is 1.76 bits per heavy atom. The standard InChI is InChI=1S/C19H16F2N2O2/c20-15-3-4-16(21)14-10-23(8-7-13(14)15)19(25)12-1-5-17-11(9-12)2-6-18(24)22-17/h1,3-5,9H,2,6-8,10H2,(H,22,24). The van der Waals surface area contributed by atoms with Gasteiger partial charge in [-0.25, -0.2) is 8.78 Å². The first kappa shape index (κ1) is 15.7. The Balaban J connectivity index is 1.60. The predicted octanol–water partition coefficient (Wildman–Crippen LogP) is 3.05. The Bertz CT molecular complexity index is 895. The summed E-state index contributed by atoms with van der Waals surface area (Å²) in [6, 6.07) is 7.38. The van der Waals surface area contributed by atoms with Gasteiger partial charge in [0.25, 0.3) is 5.91 Å². The predicted molar refractivity (Wildman–Crippen MR) is 88.2 cm³/mol. The normalized spacial score (nSPS) is 16.1. The minimum Gasteiger partial charge on any atom is -0.334 e. The number of carbonyl (C=O) groups is 2. The minimum absolute atomic E-state index is 0.0308. The van der Waals surface area contributed by atoms with E-state index in [4.69, 9.17) is 0 Å². The van der Waals surface area contributed by atoms with Gasteiger partial charge in [0, 0.05) is 36.3 Å². The smallest absolute Gasteiger partial charge is 0.254 e. The Morgan fingerprint density at radius 3 is 2.56 bits per heavy atom. The second-order valence-corrected chi connectivity index (χ2v) is 6.38. The number of benzene rings is 2. The molecule has 0 unspecified atom stereocenters. The number of hydrogen-bond donors (Lipinski definition) is 1. The van der Waals surface area contributed by atoms with E-state index in [9.17, 15) is 18.4 Å². The van der Waals surface area contributed by atoms with Gasteiger partial charge in [0.05, 0.1) is 0 Å². The second kappa shape index (κ2) is 5.95. The highest BCUT2D eigenvalue weighted by Gasteiger charge is 2.27. The van der Waals surface area contributed by atoms with Crippen LogP contribution in [0.2, 0.25) is 0 Å². The van der Waals surface area contributed by atoms with E-state index in [0.29, 0.717) is 36.9 Å². The van der Waals surface area contributed by atoms with Gasteiger partial charge in [-0.05, 0) is 54.3 Å². The highest BCUT2D eigenvalue weighted by molar-refractivity contribution is 5.98. The molecule has 0 radical (unpaired) electrons. The molecular weight excluding hydrogens is 326 g/mol. The van der Waals surface area contributed by atoms with E-state index >= 15 is 0 Å². The van der Waals surface area contributed by atoms with Crippen LogP contribution in [0, 0.1) is 11.6 Å². The summed E-state index contributed by atoms with van der Waals surface area (Å²) >= 11 is 0. The van der Waals surface area contributed by atoms with Crippen LogP contribution in [0.15, 0.2) is 30.3 Å². The van der Waals surface area contributed by atoms with E-state index in [2.05, 4.69) is 5.32 Å². The van der Waals surface area contributed by atoms with Gasteiger partial charge in [-0.15, -0.1) is 0 Å². The molecule has 0 aliphatic carbocycles. The molecule has 0 fully saturated rings. The lowest BCUT2D eigenvalue weighted by atomic mass is 9.96. The van der Waals surface area contributed by atoms with Crippen molar-refractivity contribution in [1.29, 1.82) is 0 Å². The van der Waals surface area contributed by atoms with Gasteiger partial charge in [-0.2, -0.15) is 0 Å². The molecule has 4 rings (SSSR count). The van der Waals surface area contributed by atoms with Crippen molar-refractivity contribution in [3.63, 3.8) is 0 Å². The van der Waals surface area contributed by atoms with Crippen LogP contribution in [0.1, 0.15) is 33.5 Å². The second-order valence-electron chi connectivity index (χ2n) is 6.38. The van der Waals surface area contributed by atoms with Crippen LogP contribution >= 0.6 is 0 Å². The van der Waals surface area contributed by atoms with Gasteiger partial charge in [0.1, 0.15) is 11.6 Å². The maximum absolute atomic E-state index is 14.0. The number of rotatable bonds is 1. The molecule has 0 saturated carbocycles. The summed E-state index contributed by atoms with van der Waals surface area (Å²) in [5.41, 5.74) is 2.75. The van der Waals surface area contributed by atoms with Crippen LogP contribution in [0.3, 0.4) is 0 Å². The summed E-state index contributed by atoms with van der Waals surface area (Å²) < 4.78 is 27.8. The fourth-order valence-corrected chi connectivity index (χ4v) is 3.47. The maximum atomic E-state index is 14.0. The number of hydrogen-bond acceptors (Lipinski definition) is 2. The summed E-state index contributed by atoms with van der Waals surface area (Å²) in [7, 11) is 0. The summed E-state index contributed by atoms with van der Waals surface area (Å²) in [5, 5.41) is 2.78. The molecule has 2 amide bonds. The molecule has 4 nitrogen and oxygen atoms in total. The van der Waals surface area contributed by atoms with E-state index in [0.717, 1.165) is 23.4 Å². The first-order chi connectivity index (χ1) is 12.0. The van der Waals surface area contributed by atoms with Crippen molar-refractivity contribution in [1.82, 2.24) is 4.90 Å². The molecule has 2 aliphatic rings. The fraction of sp³-hybridized carbons (Fsp3) is 0.263. The number of nitrogens with zero attached hydrogens (tertiary/aromatic N) is 1. The van der Waals surface area contributed by atoms with E-state index in [1.165, 1.54) is 4.90 Å². The van der Waals surface area contributed by atoms with Crippen molar-refractivity contribution in [2.45, 2.75) is 25.8 Å². The molecule has 0 saturated heterocycles. The van der Waals surface area contributed by atoms with Crippen molar-refractivity contribution < 1.29 is 18.4 Å². The minimum atomic E-state index is -0.484. The number of nitrogens with one attached hydrogen (secondary N) is 1. The Kier molecular flexibility index (Phi) is 3.75. The fourth-order valence-electron chi connectivity index (χ4n) is 3.47. The first-order valence-corrected chi connectivity index (χ1v) is 8.21. The molecule has 2 aromatic carbocycles. The number of carbonyl (C=O) groups excluding carboxylic acids is 2. The molecule has 0 aromatic heterocycles. The molecule has 2 aromatic rings.